The lowest BCUT2D eigenvalue weighted by atomic mass is 9.99. The predicted molar refractivity (Wildman–Crippen MR) is 84.0 cm³/mol. The highest BCUT2D eigenvalue weighted by molar-refractivity contribution is 9.10. The molecule has 0 amide bonds. The SMILES string of the molecule is O=C(c1ccc(Br)cc1)c1ccc([C@@H]2CCCN2)cc1. The van der Waals surface area contributed by atoms with Crippen LogP contribution in [0.4, 0.5) is 0 Å². The Labute approximate surface area is 127 Å². The molecule has 2 aromatic rings. The van der Waals surface area contributed by atoms with Gasteiger partial charge in [-0.15, -0.1) is 0 Å². The Morgan fingerprint density at radius 1 is 1.00 bits per heavy atom. The summed E-state index contributed by atoms with van der Waals surface area (Å²) in [5.74, 6) is 0.0726. The van der Waals surface area contributed by atoms with Crippen LogP contribution in [0.5, 0.6) is 0 Å². The molecule has 0 spiro atoms. The zero-order valence-corrected chi connectivity index (χ0v) is 12.7. The maximum atomic E-state index is 12.4. The van der Waals surface area contributed by atoms with Crippen molar-refractivity contribution in [2.45, 2.75) is 18.9 Å². The number of hydrogen-bond donors (Lipinski definition) is 1. The molecule has 0 bridgehead atoms. The van der Waals surface area contributed by atoms with Gasteiger partial charge in [0.2, 0.25) is 0 Å². The summed E-state index contributed by atoms with van der Waals surface area (Å²) in [5, 5.41) is 3.47. The Morgan fingerprint density at radius 2 is 1.60 bits per heavy atom. The van der Waals surface area contributed by atoms with Crippen molar-refractivity contribution >= 4 is 21.7 Å². The normalized spacial score (nSPS) is 18.1. The second-order valence-electron chi connectivity index (χ2n) is 5.11. The van der Waals surface area contributed by atoms with Gasteiger partial charge >= 0.3 is 0 Å². The molecule has 3 rings (SSSR count). The number of hydrogen-bond acceptors (Lipinski definition) is 2. The van der Waals surface area contributed by atoms with Crippen LogP contribution >= 0.6 is 15.9 Å². The van der Waals surface area contributed by atoms with E-state index in [9.17, 15) is 4.79 Å². The van der Waals surface area contributed by atoms with E-state index in [1.807, 2.05) is 36.4 Å². The molecule has 0 unspecified atom stereocenters. The van der Waals surface area contributed by atoms with Gasteiger partial charge in [-0.05, 0) is 49.2 Å². The zero-order valence-electron chi connectivity index (χ0n) is 11.1. The minimum atomic E-state index is 0.0726. The van der Waals surface area contributed by atoms with Crippen molar-refractivity contribution < 1.29 is 4.79 Å². The fourth-order valence-corrected chi connectivity index (χ4v) is 2.87. The van der Waals surface area contributed by atoms with Crippen molar-refractivity contribution in [3.8, 4) is 0 Å². The first-order chi connectivity index (χ1) is 9.74. The Balaban J connectivity index is 1.80. The van der Waals surface area contributed by atoms with Crippen LogP contribution in [0.1, 0.15) is 40.4 Å². The molecule has 1 saturated heterocycles. The molecule has 1 aliphatic heterocycles. The predicted octanol–water partition coefficient (Wildman–Crippen LogP) is 4.10. The van der Waals surface area contributed by atoms with Crippen molar-refractivity contribution in [2.24, 2.45) is 0 Å². The number of nitrogens with one attached hydrogen (secondary N) is 1. The quantitative estimate of drug-likeness (QED) is 0.859. The van der Waals surface area contributed by atoms with Crippen LogP contribution in [0.25, 0.3) is 0 Å². The molecule has 0 radical (unpaired) electrons. The first-order valence-corrected chi connectivity index (χ1v) is 7.67. The van der Waals surface area contributed by atoms with E-state index in [4.69, 9.17) is 0 Å². The molecule has 102 valence electrons. The van der Waals surface area contributed by atoms with Gasteiger partial charge in [0.25, 0.3) is 0 Å². The van der Waals surface area contributed by atoms with Crippen LogP contribution in [0.15, 0.2) is 53.0 Å². The van der Waals surface area contributed by atoms with Gasteiger partial charge in [0, 0.05) is 21.6 Å². The van der Waals surface area contributed by atoms with E-state index in [0.717, 1.165) is 22.1 Å². The summed E-state index contributed by atoms with van der Waals surface area (Å²) in [6.07, 6.45) is 2.41. The molecule has 1 N–H and O–H groups in total. The summed E-state index contributed by atoms with van der Waals surface area (Å²) in [4.78, 5) is 12.4. The minimum absolute atomic E-state index is 0.0726. The summed E-state index contributed by atoms with van der Waals surface area (Å²) in [6.45, 7) is 1.09. The Bertz CT molecular complexity index is 598. The summed E-state index contributed by atoms with van der Waals surface area (Å²) in [5.41, 5.74) is 2.74. The average Bonchev–Trinajstić information content (AvgIpc) is 3.02. The van der Waals surface area contributed by atoms with E-state index in [2.05, 4.69) is 33.4 Å². The fraction of sp³-hybridized carbons (Fsp3) is 0.235. The minimum Gasteiger partial charge on any atom is -0.310 e. The third-order valence-electron chi connectivity index (χ3n) is 3.74. The topological polar surface area (TPSA) is 29.1 Å². The van der Waals surface area contributed by atoms with Gasteiger partial charge < -0.3 is 5.32 Å². The van der Waals surface area contributed by atoms with Crippen molar-refractivity contribution in [1.82, 2.24) is 5.32 Å². The van der Waals surface area contributed by atoms with Gasteiger partial charge in [-0.2, -0.15) is 0 Å². The summed E-state index contributed by atoms with van der Waals surface area (Å²) in [6, 6.07) is 15.9. The first kappa shape index (κ1) is 13.5. The van der Waals surface area contributed by atoms with Gasteiger partial charge in [-0.1, -0.05) is 40.2 Å². The third-order valence-corrected chi connectivity index (χ3v) is 4.27. The van der Waals surface area contributed by atoms with Gasteiger partial charge in [0.1, 0.15) is 0 Å². The van der Waals surface area contributed by atoms with Gasteiger partial charge in [0.15, 0.2) is 5.78 Å². The highest BCUT2D eigenvalue weighted by Gasteiger charge is 2.16. The van der Waals surface area contributed by atoms with Gasteiger partial charge in [0.05, 0.1) is 0 Å². The summed E-state index contributed by atoms with van der Waals surface area (Å²) >= 11 is 3.38. The van der Waals surface area contributed by atoms with E-state index < -0.39 is 0 Å². The monoisotopic (exact) mass is 329 g/mol. The Kier molecular flexibility index (Phi) is 3.99. The number of rotatable bonds is 3. The lowest BCUT2D eigenvalue weighted by Gasteiger charge is -2.11. The van der Waals surface area contributed by atoms with E-state index in [1.165, 1.54) is 18.4 Å². The van der Waals surface area contributed by atoms with E-state index in [-0.39, 0.29) is 5.78 Å². The standard InChI is InChI=1S/C17H16BrNO/c18-15-9-7-14(8-10-15)17(20)13-5-3-12(4-6-13)16-2-1-11-19-16/h3-10,16,19H,1-2,11H2/t16-/m0/s1. The molecule has 1 aliphatic rings. The average molecular weight is 330 g/mol. The molecule has 20 heavy (non-hydrogen) atoms. The van der Waals surface area contributed by atoms with Crippen LogP contribution in [-0.4, -0.2) is 12.3 Å². The molecule has 1 heterocycles. The van der Waals surface area contributed by atoms with Crippen LogP contribution in [0, 0.1) is 0 Å². The molecule has 1 fully saturated rings. The van der Waals surface area contributed by atoms with Crippen LogP contribution < -0.4 is 5.32 Å². The van der Waals surface area contributed by atoms with Crippen LogP contribution in [0.3, 0.4) is 0 Å². The molecule has 0 aromatic heterocycles. The number of halogens is 1. The Hall–Kier alpha value is -1.45. The molecule has 1 atom stereocenters. The van der Waals surface area contributed by atoms with E-state index >= 15 is 0 Å². The molecule has 2 aromatic carbocycles. The van der Waals surface area contributed by atoms with Crippen molar-refractivity contribution in [1.29, 1.82) is 0 Å². The number of benzene rings is 2. The molecule has 3 heteroatoms. The lowest BCUT2D eigenvalue weighted by molar-refractivity contribution is 0.103. The van der Waals surface area contributed by atoms with Crippen molar-refractivity contribution in [2.75, 3.05) is 6.54 Å². The molecule has 2 nitrogen and oxygen atoms in total. The van der Waals surface area contributed by atoms with Crippen molar-refractivity contribution in [3.63, 3.8) is 0 Å². The van der Waals surface area contributed by atoms with Crippen LogP contribution in [0.2, 0.25) is 0 Å². The summed E-state index contributed by atoms with van der Waals surface area (Å²) in [7, 11) is 0. The number of carbonyl (C=O) groups is 1. The van der Waals surface area contributed by atoms with E-state index in [1.54, 1.807) is 0 Å². The lowest BCUT2D eigenvalue weighted by Crippen LogP contribution is -2.13. The van der Waals surface area contributed by atoms with Gasteiger partial charge in [-0.3, -0.25) is 4.79 Å². The molecule has 0 saturated carbocycles. The van der Waals surface area contributed by atoms with Crippen molar-refractivity contribution in [3.05, 3.63) is 69.7 Å². The smallest absolute Gasteiger partial charge is 0.193 e. The fourth-order valence-electron chi connectivity index (χ4n) is 2.60. The zero-order chi connectivity index (χ0) is 13.9. The highest BCUT2D eigenvalue weighted by Crippen LogP contribution is 2.23. The summed E-state index contributed by atoms with van der Waals surface area (Å²) < 4.78 is 0.983. The second kappa shape index (κ2) is 5.90. The maximum absolute atomic E-state index is 12.4. The Morgan fingerprint density at radius 3 is 2.15 bits per heavy atom. The first-order valence-electron chi connectivity index (χ1n) is 6.87. The third kappa shape index (κ3) is 2.84. The number of carbonyl (C=O) groups excluding carboxylic acids is 1. The van der Waals surface area contributed by atoms with E-state index in [0.29, 0.717) is 6.04 Å². The maximum Gasteiger partial charge on any atom is 0.193 e. The second-order valence-corrected chi connectivity index (χ2v) is 6.02. The van der Waals surface area contributed by atoms with Gasteiger partial charge in [-0.25, -0.2) is 0 Å². The molecular weight excluding hydrogens is 314 g/mol. The number of ketones is 1. The van der Waals surface area contributed by atoms with Crippen LogP contribution in [-0.2, 0) is 0 Å². The largest absolute Gasteiger partial charge is 0.310 e. The molecular formula is C17H16BrNO. The highest BCUT2D eigenvalue weighted by atomic mass is 79.9. The molecule has 0 aliphatic carbocycles.